The first-order chi connectivity index (χ1) is 13.2. The van der Waals surface area contributed by atoms with E-state index in [0.717, 1.165) is 43.6 Å². The minimum Gasteiger partial charge on any atom is -0.380 e. The number of likely N-dealkylation sites (tertiary alicyclic amines) is 1. The summed E-state index contributed by atoms with van der Waals surface area (Å²) in [5.74, 6) is 0.215. The number of hydrogen-bond acceptors (Lipinski definition) is 2. The second-order valence-corrected chi connectivity index (χ2v) is 7.66. The number of aryl methyl sites for hydroxylation is 1. The van der Waals surface area contributed by atoms with Crippen molar-refractivity contribution in [1.29, 1.82) is 0 Å². The number of rotatable bonds is 5. The van der Waals surface area contributed by atoms with E-state index >= 15 is 0 Å². The molecule has 0 spiro atoms. The second-order valence-electron chi connectivity index (χ2n) is 7.66. The average Bonchev–Trinajstić information content (AvgIpc) is 3.14. The van der Waals surface area contributed by atoms with Gasteiger partial charge in [0.25, 0.3) is 0 Å². The van der Waals surface area contributed by atoms with Gasteiger partial charge in [0.1, 0.15) is 5.60 Å². The Bertz CT molecular complexity index is 809. The van der Waals surface area contributed by atoms with Gasteiger partial charge in [0.15, 0.2) is 0 Å². The van der Waals surface area contributed by atoms with Crippen molar-refractivity contribution in [2.24, 2.45) is 13.0 Å². The third kappa shape index (κ3) is 3.58. The number of nitrogens with zero attached hydrogens (tertiary/aromatic N) is 2. The van der Waals surface area contributed by atoms with Crippen LogP contribution in [0.3, 0.4) is 0 Å². The lowest BCUT2D eigenvalue weighted by Gasteiger charge is -2.42. The third-order valence-corrected chi connectivity index (χ3v) is 6.04. The summed E-state index contributed by atoms with van der Waals surface area (Å²) in [5, 5.41) is 11.9. The molecule has 4 rings (SSSR count). The van der Waals surface area contributed by atoms with Gasteiger partial charge in [-0.2, -0.15) is 0 Å². The zero-order chi connectivity index (χ0) is 18.7. The van der Waals surface area contributed by atoms with E-state index in [1.54, 1.807) is 0 Å². The molecule has 3 nitrogen and oxygen atoms in total. The van der Waals surface area contributed by atoms with E-state index in [2.05, 4.69) is 59.1 Å². The predicted octanol–water partition coefficient (Wildman–Crippen LogP) is 4.17. The van der Waals surface area contributed by atoms with E-state index in [0.29, 0.717) is 0 Å². The zero-order valence-corrected chi connectivity index (χ0v) is 16.0. The van der Waals surface area contributed by atoms with Crippen LogP contribution in [-0.4, -0.2) is 27.7 Å². The first kappa shape index (κ1) is 18.0. The fourth-order valence-corrected chi connectivity index (χ4v) is 4.42. The van der Waals surface area contributed by atoms with Crippen molar-refractivity contribution in [3.8, 4) is 0 Å². The summed E-state index contributed by atoms with van der Waals surface area (Å²) in [6.07, 6.45) is 4.08. The second kappa shape index (κ2) is 7.71. The van der Waals surface area contributed by atoms with Gasteiger partial charge < -0.3 is 9.67 Å². The van der Waals surface area contributed by atoms with Crippen LogP contribution in [0.5, 0.6) is 0 Å². The summed E-state index contributed by atoms with van der Waals surface area (Å²) in [6, 6.07) is 24.6. The number of benzene rings is 2. The Hall–Kier alpha value is -2.36. The van der Waals surface area contributed by atoms with Crippen molar-refractivity contribution in [2.45, 2.75) is 25.0 Å². The van der Waals surface area contributed by atoms with Gasteiger partial charge in [0.05, 0.1) is 0 Å². The molecule has 0 aliphatic carbocycles. The van der Waals surface area contributed by atoms with Crippen LogP contribution < -0.4 is 0 Å². The highest BCUT2D eigenvalue weighted by atomic mass is 16.3. The van der Waals surface area contributed by atoms with Gasteiger partial charge >= 0.3 is 0 Å². The lowest BCUT2D eigenvalue weighted by Crippen LogP contribution is -2.44. The molecule has 2 aromatic carbocycles. The minimum absolute atomic E-state index is 0.215. The fraction of sp³-hybridized carbons (Fsp3) is 0.333. The molecule has 0 atom stereocenters. The van der Waals surface area contributed by atoms with Crippen molar-refractivity contribution in [1.82, 2.24) is 9.47 Å². The van der Waals surface area contributed by atoms with Crippen LogP contribution in [0.25, 0.3) is 0 Å². The summed E-state index contributed by atoms with van der Waals surface area (Å²) < 4.78 is 2.19. The molecule has 1 aliphatic rings. The maximum Gasteiger partial charge on any atom is 0.117 e. The van der Waals surface area contributed by atoms with Gasteiger partial charge in [0, 0.05) is 25.5 Å². The lowest BCUT2D eigenvalue weighted by atomic mass is 9.72. The molecular formula is C24H28N2O. The Kier molecular flexibility index (Phi) is 5.15. The Morgan fingerprint density at radius 2 is 1.41 bits per heavy atom. The SMILES string of the molecule is Cn1cccc1CN1CCC(C(O)(c2ccccc2)c2ccccc2)CC1. The predicted molar refractivity (Wildman–Crippen MR) is 109 cm³/mol. The standard InChI is InChI=1S/C24H28N2O/c1-25-16-8-13-23(25)19-26-17-14-22(15-18-26)24(27,20-9-4-2-5-10-20)21-11-6-3-7-12-21/h2-13,16,22,27H,14-15,17-19H2,1H3. The topological polar surface area (TPSA) is 28.4 Å². The van der Waals surface area contributed by atoms with Crippen molar-refractivity contribution >= 4 is 0 Å². The van der Waals surface area contributed by atoms with Crippen LogP contribution in [0.1, 0.15) is 29.7 Å². The molecule has 0 saturated carbocycles. The molecule has 1 saturated heterocycles. The van der Waals surface area contributed by atoms with Gasteiger partial charge in [-0.15, -0.1) is 0 Å². The summed E-state index contributed by atoms with van der Waals surface area (Å²) in [7, 11) is 2.10. The summed E-state index contributed by atoms with van der Waals surface area (Å²) in [4.78, 5) is 2.50. The summed E-state index contributed by atoms with van der Waals surface area (Å²) in [5.41, 5.74) is 2.41. The third-order valence-electron chi connectivity index (χ3n) is 6.04. The highest BCUT2D eigenvalue weighted by Gasteiger charge is 2.41. The Morgan fingerprint density at radius 3 is 1.89 bits per heavy atom. The molecule has 0 amide bonds. The Labute approximate surface area is 161 Å². The number of aromatic nitrogens is 1. The van der Waals surface area contributed by atoms with Gasteiger partial charge in [-0.25, -0.2) is 0 Å². The van der Waals surface area contributed by atoms with Gasteiger partial charge in [-0.3, -0.25) is 4.90 Å². The molecule has 27 heavy (non-hydrogen) atoms. The van der Waals surface area contributed by atoms with Crippen molar-refractivity contribution in [3.05, 3.63) is 95.8 Å². The smallest absolute Gasteiger partial charge is 0.117 e. The van der Waals surface area contributed by atoms with E-state index in [4.69, 9.17) is 0 Å². The molecule has 1 aliphatic heterocycles. The van der Waals surface area contributed by atoms with Gasteiger partial charge in [-0.1, -0.05) is 60.7 Å². The lowest BCUT2D eigenvalue weighted by molar-refractivity contribution is -0.0155. The molecule has 1 N–H and O–H groups in total. The van der Waals surface area contributed by atoms with Crippen LogP contribution in [0.4, 0.5) is 0 Å². The fourth-order valence-electron chi connectivity index (χ4n) is 4.42. The van der Waals surface area contributed by atoms with Crippen molar-refractivity contribution in [2.75, 3.05) is 13.1 Å². The quantitative estimate of drug-likeness (QED) is 0.740. The largest absolute Gasteiger partial charge is 0.380 e. The molecule has 0 bridgehead atoms. The van der Waals surface area contributed by atoms with Crippen LogP contribution in [-0.2, 0) is 19.2 Å². The molecule has 3 aromatic rings. The molecule has 1 fully saturated rings. The van der Waals surface area contributed by atoms with Crippen molar-refractivity contribution in [3.63, 3.8) is 0 Å². The molecule has 0 unspecified atom stereocenters. The molecule has 1 aromatic heterocycles. The minimum atomic E-state index is -0.931. The average molecular weight is 361 g/mol. The maximum atomic E-state index is 11.9. The molecular weight excluding hydrogens is 332 g/mol. The molecule has 0 radical (unpaired) electrons. The molecule has 140 valence electrons. The summed E-state index contributed by atoms with van der Waals surface area (Å²) in [6.45, 7) is 3.00. The van der Waals surface area contributed by atoms with Crippen LogP contribution >= 0.6 is 0 Å². The van der Waals surface area contributed by atoms with Crippen LogP contribution in [0.15, 0.2) is 79.0 Å². The van der Waals surface area contributed by atoms with E-state index in [9.17, 15) is 5.11 Å². The highest BCUT2D eigenvalue weighted by Crippen LogP contribution is 2.42. The van der Waals surface area contributed by atoms with E-state index in [-0.39, 0.29) is 5.92 Å². The summed E-state index contributed by atoms with van der Waals surface area (Å²) >= 11 is 0. The first-order valence-corrected chi connectivity index (χ1v) is 9.84. The number of hydrogen-bond donors (Lipinski definition) is 1. The van der Waals surface area contributed by atoms with E-state index in [1.165, 1.54) is 5.69 Å². The van der Waals surface area contributed by atoms with E-state index < -0.39 is 5.60 Å². The normalized spacial score (nSPS) is 16.5. The Morgan fingerprint density at radius 1 is 0.852 bits per heavy atom. The number of aliphatic hydroxyl groups is 1. The molecule has 3 heteroatoms. The van der Waals surface area contributed by atoms with Crippen molar-refractivity contribution < 1.29 is 5.11 Å². The Balaban J connectivity index is 1.55. The zero-order valence-electron chi connectivity index (χ0n) is 16.0. The highest BCUT2D eigenvalue weighted by molar-refractivity contribution is 5.37. The van der Waals surface area contributed by atoms with Crippen LogP contribution in [0, 0.1) is 5.92 Å². The molecule has 2 heterocycles. The first-order valence-electron chi connectivity index (χ1n) is 9.84. The van der Waals surface area contributed by atoms with Gasteiger partial charge in [0.2, 0.25) is 0 Å². The van der Waals surface area contributed by atoms with Crippen LogP contribution in [0.2, 0.25) is 0 Å². The monoisotopic (exact) mass is 360 g/mol. The van der Waals surface area contributed by atoms with Gasteiger partial charge in [-0.05, 0) is 55.1 Å². The number of piperidine rings is 1. The maximum absolute atomic E-state index is 11.9. The van der Waals surface area contributed by atoms with E-state index in [1.807, 2.05) is 36.4 Å².